The number of ketones is 2. The number of hydrogen-bond donors (Lipinski definition) is 1. The van der Waals surface area contributed by atoms with Crippen LogP contribution in [0.2, 0.25) is 0 Å². The number of fused-ring (bicyclic) bond motifs is 1. The molecule has 4 rings (SSSR count). The molecular weight excluding hydrogens is 438 g/mol. The monoisotopic (exact) mass is 461 g/mol. The molecule has 1 N–H and O–H groups in total. The number of allylic oxidation sites excluding steroid dienone is 2. The van der Waals surface area contributed by atoms with Crippen molar-refractivity contribution in [1.82, 2.24) is 9.97 Å². The van der Waals surface area contributed by atoms with Gasteiger partial charge in [-0.1, -0.05) is 17.7 Å². The maximum absolute atomic E-state index is 12.7. The molecule has 0 fully saturated rings. The Bertz CT molecular complexity index is 1300. The van der Waals surface area contributed by atoms with Gasteiger partial charge >= 0.3 is 0 Å². The zero-order chi connectivity index (χ0) is 24.1. The second-order valence-corrected chi connectivity index (χ2v) is 7.42. The molecule has 0 bridgehead atoms. The number of nitrogens with one attached hydrogen (secondary N) is 1. The third-order valence-corrected chi connectivity index (χ3v) is 5.01. The Hall–Kier alpha value is -4.24. The van der Waals surface area contributed by atoms with E-state index >= 15 is 0 Å². The average Bonchev–Trinajstić information content (AvgIpc) is 2.83. The molecule has 0 atom stereocenters. The van der Waals surface area contributed by atoms with Crippen molar-refractivity contribution in [3.8, 4) is 17.2 Å². The minimum Gasteiger partial charge on any atom is -0.493 e. The average molecular weight is 461 g/mol. The summed E-state index contributed by atoms with van der Waals surface area (Å²) in [6.45, 7) is 2.71. The molecule has 2 aromatic carbocycles. The van der Waals surface area contributed by atoms with E-state index in [-0.39, 0.29) is 11.5 Å². The number of carbonyl (C=O) groups is 2. The number of carbonyl (C=O) groups excluding carboxylic acids is 2. The number of ether oxygens (including phenoxy) is 4. The molecule has 0 aliphatic heterocycles. The van der Waals surface area contributed by atoms with E-state index < -0.39 is 11.6 Å². The van der Waals surface area contributed by atoms with Crippen LogP contribution >= 0.6 is 0 Å². The number of rotatable bonds is 9. The Morgan fingerprint density at radius 3 is 2.44 bits per heavy atom. The summed E-state index contributed by atoms with van der Waals surface area (Å²) >= 11 is 0. The molecule has 0 saturated heterocycles. The molecule has 0 saturated carbocycles. The maximum Gasteiger partial charge on any atom is 0.223 e. The van der Waals surface area contributed by atoms with Crippen LogP contribution in [0, 0.1) is 6.92 Å². The molecule has 9 heteroatoms. The molecule has 9 nitrogen and oxygen atoms in total. The fourth-order valence-corrected chi connectivity index (χ4v) is 3.25. The van der Waals surface area contributed by atoms with E-state index in [9.17, 15) is 9.59 Å². The summed E-state index contributed by atoms with van der Waals surface area (Å²) in [6, 6.07) is 10.6. The number of aryl methyl sites for hydroxylation is 1. The van der Waals surface area contributed by atoms with Gasteiger partial charge < -0.3 is 24.3 Å². The number of benzene rings is 2. The van der Waals surface area contributed by atoms with Crippen LogP contribution in [0.25, 0.3) is 10.9 Å². The van der Waals surface area contributed by atoms with Gasteiger partial charge in [-0.25, -0.2) is 9.97 Å². The lowest BCUT2D eigenvalue weighted by molar-refractivity contribution is -0.116. The number of anilines is 1. The summed E-state index contributed by atoms with van der Waals surface area (Å²) < 4.78 is 21.7. The molecular formula is C25H23N3O6. The first-order valence-corrected chi connectivity index (χ1v) is 10.5. The molecule has 0 radical (unpaired) electrons. The van der Waals surface area contributed by atoms with E-state index in [0.29, 0.717) is 47.2 Å². The fraction of sp³-hybridized carbons (Fsp3) is 0.200. The van der Waals surface area contributed by atoms with E-state index in [1.165, 1.54) is 19.5 Å². The maximum atomic E-state index is 12.7. The van der Waals surface area contributed by atoms with Crippen molar-refractivity contribution in [2.75, 3.05) is 32.8 Å². The highest BCUT2D eigenvalue weighted by molar-refractivity contribution is 6.20. The summed E-state index contributed by atoms with van der Waals surface area (Å²) in [5.41, 5.74) is 1.70. The molecule has 1 aliphatic rings. The molecule has 34 heavy (non-hydrogen) atoms. The summed E-state index contributed by atoms with van der Waals surface area (Å²) in [5, 5.41) is 3.53. The lowest BCUT2D eigenvalue weighted by atomic mass is 10.1. The summed E-state index contributed by atoms with van der Waals surface area (Å²) in [7, 11) is 3.11. The van der Waals surface area contributed by atoms with E-state index in [0.717, 1.165) is 11.6 Å². The highest BCUT2D eigenvalue weighted by Gasteiger charge is 2.23. The smallest absolute Gasteiger partial charge is 0.223 e. The Morgan fingerprint density at radius 2 is 1.71 bits per heavy atom. The van der Waals surface area contributed by atoms with Gasteiger partial charge in [0.05, 0.1) is 24.9 Å². The van der Waals surface area contributed by atoms with Crippen LogP contribution in [0.4, 0.5) is 5.82 Å². The fourth-order valence-electron chi connectivity index (χ4n) is 3.25. The molecule has 0 spiro atoms. The van der Waals surface area contributed by atoms with Gasteiger partial charge in [-0.15, -0.1) is 0 Å². The Morgan fingerprint density at radius 1 is 0.912 bits per heavy atom. The van der Waals surface area contributed by atoms with E-state index in [1.54, 1.807) is 31.4 Å². The number of aromatic nitrogens is 2. The van der Waals surface area contributed by atoms with Crippen LogP contribution in [0.1, 0.15) is 5.56 Å². The van der Waals surface area contributed by atoms with E-state index in [2.05, 4.69) is 15.3 Å². The third-order valence-electron chi connectivity index (χ3n) is 5.01. The minimum atomic E-state index is -0.438. The number of hydrogen-bond acceptors (Lipinski definition) is 9. The zero-order valence-electron chi connectivity index (χ0n) is 19.0. The van der Waals surface area contributed by atoms with Crippen LogP contribution in [0.15, 0.2) is 66.3 Å². The van der Waals surface area contributed by atoms with Crippen LogP contribution in [-0.2, 0) is 14.3 Å². The molecule has 0 unspecified atom stereocenters. The van der Waals surface area contributed by atoms with Gasteiger partial charge in [0, 0.05) is 30.7 Å². The Labute approximate surface area is 196 Å². The molecule has 1 heterocycles. The normalized spacial score (nSPS) is 13.4. The van der Waals surface area contributed by atoms with Gasteiger partial charge in [0.2, 0.25) is 11.6 Å². The van der Waals surface area contributed by atoms with Crippen molar-refractivity contribution in [2.45, 2.75) is 6.92 Å². The Balaban J connectivity index is 1.56. The molecule has 174 valence electrons. The topological polar surface area (TPSA) is 109 Å². The van der Waals surface area contributed by atoms with Crippen LogP contribution in [-0.4, -0.2) is 49.0 Å². The first-order chi connectivity index (χ1) is 16.5. The second-order valence-electron chi connectivity index (χ2n) is 7.42. The number of nitrogens with zero attached hydrogens (tertiary/aromatic N) is 2. The highest BCUT2D eigenvalue weighted by atomic mass is 16.5. The quantitative estimate of drug-likeness (QED) is 0.379. The number of methoxy groups -OCH3 is 2. The first-order valence-electron chi connectivity index (χ1n) is 10.5. The zero-order valence-corrected chi connectivity index (χ0v) is 19.0. The van der Waals surface area contributed by atoms with Crippen molar-refractivity contribution in [3.63, 3.8) is 0 Å². The Kier molecular flexibility index (Phi) is 6.84. The van der Waals surface area contributed by atoms with Gasteiger partial charge in [-0.3, -0.25) is 9.59 Å². The molecule has 0 amide bonds. The minimum absolute atomic E-state index is 0.0496. The largest absolute Gasteiger partial charge is 0.493 e. The van der Waals surface area contributed by atoms with Gasteiger partial charge in [0.15, 0.2) is 17.3 Å². The summed E-state index contributed by atoms with van der Waals surface area (Å²) in [4.78, 5) is 33.8. The summed E-state index contributed by atoms with van der Waals surface area (Å²) in [6.07, 6.45) is 3.71. The molecule has 3 aromatic rings. The van der Waals surface area contributed by atoms with Crippen LogP contribution in [0.5, 0.6) is 17.2 Å². The standard InChI is InChI=1S/C25H23N3O6/c1-15-4-6-16(7-5-15)34-22-13-20(29)19(11-21(22)30)28-25-17-10-23(32-3)24(33-9-8-31-2)12-18(17)26-14-27-25/h4-7,10-14H,8-9H2,1-3H3,(H,26,27,28). The SMILES string of the molecule is COCCOc1cc2ncnc(NC3=CC(=O)C(Oc4ccc(C)cc4)=CC3=O)c2cc1OC. The van der Waals surface area contributed by atoms with Crippen molar-refractivity contribution < 1.29 is 28.5 Å². The van der Waals surface area contributed by atoms with Gasteiger partial charge in [0.25, 0.3) is 0 Å². The lowest BCUT2D eigenvalue weighted by Gasteiger charge is -2.16. The van der Waals surface area contributed by atoms with Gasteiger partial charge in [-0.05, 0) is 25.1 Å². The van der Waals surface area contributed by atoms with Gasteiger partial charge in [0.1, 0.15) is 24.5 Å². The molecule has 1 aliphatic carbocycles. The second kappa shape index (κ2) is 10.1. The van der Waals surface area contributed by atoms with Crippen molar-refractivity contribution in [1.29, 1.82) is 0 Å². The third kappa shape index (κ3) is 5.05. The highest BCUT2D eigenvalue weighted by Crippen LogP contribution is 2.34. The van der Waals surface area contributed by atoms with E-state index in [4.69, 9.17) is 18.9 Å². The predicted molar refractivity (Wildman–Crippen MR) is 125 cm³/mol. The first kappa shape index (κ1) is 22.9. The van der Waals surface area contributed by atoms with Gasteiger partial charge in [-0.2, -0.15) is 0 Å². The van der Waals surface area contributed by atoms with Crippen molar-refractivity contribution in [3.05, 3.63) is 71.9 Å². The predicted octanol–water partition coefficient (Wildman–Crippen LogP) is 3.38. The van der Waals surface area contributed by atoms with Crippen molar-refractivity contribution in [2.24, 2.45) is 0 Å². The van der Waals surface area contributed by atoms with Crippen LogP contribution in [0.3, 0.4) is 0 Å². The lowest BCUT2D eigenvalue weighted by Crippen LogP contribution is -2.21. The summed E-state index contributed by atoms with van der Waals surface area (Å²) in [5.74, 6) is 0.880. The molecule has 1 aromatic heterocycles. The van der Waals surface area contributed by atoms with Crippen LogP contribution < -0.4 is 19.5 Å². The van der Waals surface area contributed by atoms with Crippen molar-refractivity contribution >= 4 is 28.3 Å². The van der Waals surface area contributed by atoms with E-state index in [1.807, 2.05) is 19.1 Å².